The van der Waals surface area contributed by atoms with Gasteiger partial charge in [-0.3, -0.25) is 13.9 Å². The van der Waals surface area contributed by atoms with Gasteiger partial charge >= 0.3 is 0 Å². The first-order valence-corrected chi connectivity index (χ1v) is 16.1. The van der Waals surface area contributed by atoms with E-state index in [0.29, 0.717) is 6.54 Å². The Kier molecular flexibility index (Phi) is 11.4. The van der Waals surface area contributed by atoms with Crippen LogP contribution in [-0.4, -0.2) is 44.3 Å². The fourth-order valence-electron chi connectivity index (χ4n) is 4.73. The van der Waals surface area contributed by atoms with Crippen LogP contribution in [0.1, 0.15) is 30.9 Å². The summed E-state index contributed by atoms with van der Waals surface area (Å²) in [6, 6.07) is 32.4. The molecule has 4 rings (SSSR count). The average Bonchev–Trinajstić information content (AvgIpc) is 3.03. The Balaban J connectivity index is 1.77. The van der Waals surface area contributed by atoms with Crippen LogP contribution in [0.4, 0.5) is 5.69 Å². The first-order chi connectivity index (χ1) is 20.8. The number of carbonyl (C=O) groups is 2. The zero-order valence-corrected chi connectivity index (χ0v) is 25.7. The molecule has 9 heteroatoms. The highest BCUT2D eigenvalue weighted by Crippen LogP contribution is 2.31. The number of hydrogen-bond acceptors (Lipinski definition) is 4. The van der Waals surface area contributed by atoms with E-state index in [1.165, 1.54) is 17.0 Å². The molecule has 0 aromatic heterocycles. The van der Waals surface area contributed by atoms with E-state index in [0.717, 1.165) is 28.3 Å². The second kappa shape index (κ2) is 15.4. The van der Waals surface area contributed by atoms with Crippen molar-refractivity contribution in [2.75, 3.05) is 17.4 Å². The topological polar surface area (TPSA) is 86.8 Å². The lowest BCUT2D eigenvalue weighted by molar-refractivity contribution is -0.140. The predicted molar refractivity (Wildman–Crippen MR) is 171 cm³/mol. The highest BCUT2D eigenvalue weighted by Gasteiger charge is 2.35. The summed E-state index contributed by atoms with van der Waals surface area (Å²) >= 11 is 6.50. The Bertz CT molecular complexity index is 1590. The molecule has 43 heavy (non-hydrogen) atoms. The molecule has 0 bridgehead atoms. The third kappa shape index (κ3) is 8.46. The maximum atomic E-state index is 14.4. The van der Waals surface area contributed by atoms with Gasteiger partial charge in [0.2, 0.25) is 11.8 Å². The van der Waals surface area contributed by atoms with Gasteiger partial charge in [-0.2, -0.15) is 0 Å². The number of benzene rings is 4. The Morgan fingerprint density at radius 1 is 0.791 bits per heavy atom. The molecule has 4 aromatic rings. The molecule has 1 unspecified atom stereocenters. The van der Waals surface area contributed by atoms with Crippen molar-refractivity contribution in [1.29, 1.82) is 0 Å². The van der Waals surface area contributed by atoms with Gasteiger partial charge in [0.05, 0.1) is 15.6 Å². The summed E-state index contributed by atoms with van der Waals surface area (Å²) in [6.45, 7) is 2.07. The third-order valence-corrected chi connectivity index (χ3v) is 9.12. The highest BCUT2D eigenvalue weighted by molar-refractivity contribution is 7.92. The normalized spacial score (nSPS) is 11.9. The Morgan fingerprint density at radius 3 is 1.95 bits per heavy atom. The molecule has 0 aliphatic heterocycles. The Morgan fingerprint density at radius 2 is 1.35 bits per heavy atom. The molecular weight excluding hydrogens is 582 g/mol. The monoisotopic (exact) mass is 617 g/mol. The standard InChI is InChI=1S/C34H36ClN3O4S/c1-2-3-23-36-34(40)32(24-27-15-7-4-8-16-27)37(25-28-17-9-5-10-18-28)33(39)26-38(31-22-14-13-21-30(31)35)43(41,42)29-19-11-6-12-20-29/h4-22,32H,2-3,23-26H2,1H3,(H,36,40). The maximum Gasteiger partial charge on any atom is 0.264 e. The van der Waals surface area contributed by atoms with Crippen LogP contribution in [0.3, 0.4) is 0 Å². The summed E-state index contributed by atoms with van der Waals surface area (Å²) < 4.78 is 29.0. The van der Waals surface area contributed by atoms with Crippen LogP contribution in [0, 0.1) is 0 Å². The van der Waals surface area contributed by atoms with E-state index < -0.39 is 28.5 Å². The summed E-state index contributed by atoms with van der Waals surface area (Å²) in [5.41, 5.74) is 1.86. The fourth-order valence-corrected chi connectivity index (χ4v) is 6.47. The van der Waals surface area contributed by atoms with Crippen LogP contribution in [0.25, 0.3) is 0 Å². The number of rotatable bonds is 14. The molecule has 1 N–H and O–H groups in total. The largest absolute Gasteiger partial charge is 0.354 e. The Labute approximate surface area is 259 Å². The minimum atomic E-state index is -4.20. The SMILES string of the molecule is CCCCNC(=O)C(Cc1ccccc1)N(Cc1ccccc1)C(=O)CN(c1ccccc1Cl)S(=O)(=O)c1ccccc1. The number of carbonyl (C=O) groups excluding carboxylic acids is 2. The van der Waals surface area contributed by atoms with Crippen molar-refractivity contribution in [1.82, 2.24) is 10.2 Å². The van der Waals surface area contributed by atoms with Gasteiger partial charge in [-0.05, 0) is 41.8 Å². The average molecular weight is 618 g/mol. The third-order valence-electron chi connectivity index (χ3n) is 7.03. The molecule has 0 aliphatic rings. The lowest BCUT2D eigenvalue weighted by Gasteiger charge is -2.34. The van der Waals surface area contributed by atoms with E-state index in [2.05, 4.69) is 5.32 Å². The number of amides is 2. The zero-order valence-electron chi connectivity index (χ0n) is 24.1. The van der Waals surface area contributed by atoms with Gasteiger partial charge in [0.25, 0.3) is 10.0 Å². The number of para-hydroxylation sites is 1. The summed E-state index contributed by atoms with van der Waals surface area (Å²) in [6.07, 6.45) is 1.96. The van der Waals surface area contributed by atoms with Gasteiger partial charge in [0, 0.05) is 19.5 Å². The molecule has 2 amide bonds. The molecule has 7 nitrogen and oxygen atoms in total. The minimum Gasteiger partial charge on any atom is -0.354 e. The number of nitrogens with one attached hydrogen (secondary N) is 1. The van der Waals surface area contributed by atoms with Crippen LogP contribution in [0.5, 0.6) is 0 Å². The smallest absolute Gasteiger partial charge is 0.264 e. The molecule has 0 aliphatic carbocycles. The van der Waals surface area contributed by atoms with Crippen molar-refractivity contribution in [3.05, 3.63) is 131 Å². The van der Waals surface area contributed by atoms with Gasteiger partial charge in [-0.1, -0.05) is 116 Å². The van der Waals surface area contributed by atoms with E-state index >= 15 is 0 Å². The summed E-state index contributed by atoms with van der Waals surface area (Å²) in [7, 11) is -4.20. The van der Waals surface area contributed by atoms with Gasteiger partial charge in [0.15, 0.2) is 0 Å². The zero-order chi connectivity index (χ0) is 30.7. The number of halogens is 1. The molecule has 0 saturated carbocycles. The number of sulfonamides is 1. The van der Waals surface area contributed by atoms with Crippen molar-refractivity contribution in [3.8, 4) is 0 Å². The predicted octanol–water partition coefficient (Wildman–Crippen LogP) is 6.09. The second-order valence-corrected chi connectivity index (χ2v) is 12.4. The molecular formula is C34H36ClN3O4S. The highest BCUT2D eigenvalue weighted by atomic mass is 35.5. The molecule has 0 radical (unpaired) electrons. The lowest BCUT2D eigenvalue weighted by atomic mass is 10.0. The molecule has 1 atom stereocenters. The van der Waals surface area contributed by atoms with Crippen molar-refractivity contribution in [2.45, 2.75) is 43.7 Å². The summed E-state index contributed by atoms with van der Waals surface area (Å²) in [4.78, 5) is 29.6. The van der Waals surface area contributed by atoms with Crippen LogP contribution >= 0.6 is 11.6 Å². The molecule has 4 aromatic carbocycles. The van der Waals surface area contributed by atoms with Crippen LogP contribution in [0.15, 0.2) is 120 Å². The van der Waals surface area contributed by atoms with E-state index in [9.17, 15) is 18.0 Å². The summed E-state index contributed by atoms with van der Waals surface area (Å²) in [5, 5.41) is 3.17. The molecule has 0 saturated heterocycles. The van der Waals surface area contributed by atoms with E-state index in [1.54, 1.807) is 42.5 Å². The van der Waals surface area contributed by atoms with Crippen LogP contribution < -0.4 is 9.62 Å². The van der Waals surface area contributed by atoms with Crippen molar-refractivity contribution >= 4 is 39.1 Å². The number of unbranched alkanes of at least 4 members (excludes halogenated alkanes) is 1. The van der Waals surface area contributed by atoms with Crippen molar-refractivity contribution in [2.24, 2.45) is 0 Å². The maximum absolute atomic E-state index is 14.4. The first-order valence-electron chi connectivity index (χ1n) is 14.3. The number of nitrogens with zero attached hydrogens (tertiary/aromatic N) is 2. The molecule has 0 fully saturated rings. The second-order valence-electron chi connectivity index (χ2n) is 10.1. The molecule has 0 spiro atoms. The van der Waals surface area contributed by atoms with Crippen molar-refractivity contribution in [3.63, 3.8) is 0 Å². The van der Waals surface area contributed by atoms with Gasteiger partial charge in [-0.15, -0.1) is 0 Å². The number of hydrogen-bond donors (Lipinski definition) is 1. The van der Waals surface area contributed by atoms with Crippen LogP contribution in [0.2, 0.25) is 5.02 Å². The van der Waals surface area contributed by atoms with E-state index in [4.69, 9.17) is 11.6 Å². The summed E-state index contributed by atoms with van der Waals surface area (Å²) in [5.74, 6) is -0.827. The fraction of sp³-hybridized carbons (Fsp3) is 0.235. The van der Waals surface area contributed by atoms with E-state index in [1.807, 2.05) is 67.6 Å². The number of anilines is 1. The van der Waals surface area contributed by atoms with Gasteiger partial charge in [0.1, 0.15) is 12.6 Å². The first kappa shape index (κ1) is 31.8. The van der Waals surface area contributed by atoms with Crippen molar-refractivity contribution < 1.29 is 18.0 Å². The van der Waals surface area contributed by atoms with E-state index in [-0.39, 0.29) is 34.5 Å². The minimum absolute atomic E-state index is 0.0236. The lowest BCUT2D eigenvalue weighted by Crippen LogP contribution is -2.53. The van der Waals surface area contributed by atoms with Gasteiger partial charge < -0.3 is 10.2 Å². The molecule has 0 heterocycles. The Hall–Kier alpha value is -4.14. The molecule has 224 valence electrons. The quantitative estimate of drug-likeness (QED) is 0.174. The van der Waals surface area contributed by atoms with Crippen LogP contribution in [-0.2, 0) is 32.6 Å². The van der Waals surface area contributed by atoms with Gasteiger partial charge in [-0.25, -0.2) is 8.42 Å².